The summed E-state index contributed by atoms with van der Waals surface area (Å²) in [5, 5.41) is 4.46. The van der Waals surface area contributed by atoms with Crippen molar-refractivity contribution in [1.82, 2.24) is 0 Å². The van der Waals surface area contributed by atoms with Gasteiger partial charge in [-0.1, -0.05) is 153 Å². The predicted octanol–water partition coefficient (Wildman–Crippen LogP) is 16.3. The molecular formula is C57H39NO2. The number of para-hydroxylation sites is 2. The summed E-state index contributed by atoms with van der Waals surface area (Å²) in [4.78, 5) is 2.38. The van der Waals surface area contributed by atoms with Gasteiger partial charge in [0.1, 0.15) is 22.3 Å². The third-order valence-corrected chi connectivity index (χ3v) is 12.7. The molecule has 0 radical (unpaired) electrons. The summed E-state index contributed by atoms with van der Waals surface area (Å²) < 4.78 is 13.0. The van der Waals surface area contributed by atoms with Gasteiger partial charge in [-0.3, -0.25) is 0 Å². The Morgan fingerprint density at radius 2 is 0.933 bits per heavy atom. The van der Waals surface area contributed by atoms with E-state index in [9.17, 15) is 0 Å². The van der Waals surface area contributed by atoms with E-state index in [2.05, 4.69) is 201 Å². The fraction of sp³-hybridized carbons (Fsp3) is 0.0526. The molecule has 9 aromatic carbocycles. The highest BCUT2D eigenvalue weighted by Gasteiger charge is 2.36. The standard InChI is InChI=1S/C57H39NO2/c1-57(2)49-20-9-6-17-44(49)45-29-27-41(34-50(45)57)58(42-28-30-47-46-18-7-10-21-51(46)60-54(47)35-42)40-16-12-15-39(33-40)43-31-32-53-56(48-19-8-11-22-52(48)59-53)55(43)38-25-23-37(24-26-38)36-13-4-3-5-14-36/h3-35H,1-2H3. The van der Waals surface area contributed by atoms with Gasteiger partial charge in [-0.05, 0) is 105 Å². The van der Waals surface area contributed by atoms with Crippen molar-refractivity contribution in [3.63, 3.8) is 0 Å². The lowest BCUT2D eigenvalue weighted by Crippen LogP contribution is -2.16. The first-order chi connectivity index (χ1) is 29.5. The van der Waals surface area contributed by atoms with E-state index < -0.39 is 0 Å². The van der Waals surface area contributed by atoms with E-state index in [4.69, 9.17) is 8.83 Å². The second-order valence-corrected chi connectivity index (χ2v) is 16.5. The lowest BCUT2D eigenvalue weighted by Gasteiger charge is -2.28. The molecule has 3 nitrogen and oxygen atoms in total. The molecular weight excluding hydrogens is 731 g/mol. The monoisotopic (exact) mass is 769 g/mol. The summed E-state index contributed by atoms with van der Waals surface area (Å²) in [7, 11) is 0. The number of hydrogen-bond donors (Lipinski definition) is 0. The highest BCUT2D eigenvalue weighted by molar-refractivity contribution is 6.16. The summed E-state index contributed by atoms with van der Waals surface area (Å²) in [5.74, 6) is 0. The molecule has 11 aromatic rings. The van der Waals surface area contributed by atoms with Crippen LogP contribution in [-0.4, -0.2) is 0 Å². The van der Waals surface area contributed by atoms with E-state index in [1.165, 1.54) is 33.4 Å². The van der Waals surface area contributed by atoms with Gasteiger partial charge in [0.15, 0.2) is 0 Å². The van der Waals surface area contributed by atoms with Crippen LogP contribution in [0.2, 0.25) is 0 Å². The zero-order valence-electron chi connectivity index (χ0n) is 33.3. The van der Waals surface area contributed by atoms with E-state index in [1.54, 1.807) is 0 Å². The number of rotatable bonds is 6. The van der Waals surface area contributed by atoms with Gasteiger partial charge in [-0.25, -0.2) is 0 Å². The molecule has 2 aromatic heterocycles. The molecule has 1 aliphatic rings. The summed E-state index contributed by atoms with van der Waals surface area (Å²) >= 11 is 0. The lowest BCUT2D eigenvalue weighted by molar-refractivity contribution is 0.660. The molecule has 0 atom stereocenters. The van der Waals surface area contributed by atoms with Gasteiger partial charge in [-0.2, -0.15) is 0 Å². The second-order valence-electron chi connectivity index (χ2n) is 16.5. The molecule has 0 saturated carbocycles. The minimum absolute atomic E-state index is 0.147. The Hall–Kier alpha value is -7.62. The zero-order chi connectivity index (χ0) is 40.0. The fourth-order valence-electron chi connectivity index (χ4n) is 9.76. The van der Waals surface area contributed by atoms with Crippen molar-refractivity contribution in [3.8, 4) is 44.5 Å². The Morgan fingerprint density at radius 3 is 1.78 bits per heavy atom. The quantitative estimate of drug-likeness (QED) is 0.169. The highest BCUT2D eigenvalue weighted by atomic mass is 16.3. The molecule has 0 spiro atoms. The molecule has 2 heterocycles. The molecule has 1 aliphatic carbocycles. The first-order valence-electron chi connectivity index (χ1n) is 20.7. The van der Waals surface area contributed by atoms with Crippen molar-refractivity contribution in [1.29, 1.82) is 0 Å². The van der Waals surface area contributed by atoms with E-state index >= 15 is 0 Å². The van der Waals surface area contributed by atoms with E-state index in [0.29, 0.717) is 0 Å². The van der Waals surface area contributed by atoms with Crippen LogP contribution >= 0.6 is 0 Å². The Bertz CT molecular complexity index is 3460. The SMILES string of the molecule is CC1(C)c2ccccc2-c2ccc(N(c3cccc(-c4ccc5oc6ccccc6c5c4-c4ccc(-c5ccccc5)cc4)c3)c3ccc4c(c3)oc3ccccc34)cc21. The van der Waals surface area contributed by atoms with Crippen molar-refractivity contribution < 1.29 is 8.83 Å². The molecule has 0 fully saturated rings. The van der Waals surface area contributed by atoms with Crippen molar-refractivity contribution in [3.05, 3.63) is 211 Å². The van der Waals surface area contributed by atoms with E-state index in [-0.39, 0.29) is 5.41 Å². The van der Waals surface area contributed by atoms with Gasteiger partial charge in [-0.15, -0.1) is 0 Å². The summed E-state index contributed by atoms with van der Waals surface area (Å²) in [6.07, 6.45) is 0. The van der Waals surface area contributed by atoms with Crippen LogP contribution in [-0.2, 0) is 5.41 Å². The van der Waals surface area contributed by atoms with Crippen LogP contribution in [0.15, 0.2) is 209 Å². The maximum Gasteiger partial charge on any atom is 0.137 e. The minimum atomic E-state index is -0.147. The number of nitrogens with zero attached hydrogens (tertiary/aromatic N) is 1. The lowest BCUT2D eigenvalue weighted by atomic mass is 9.82. The van der Waals surface area contributed by atoms with Gasteiger partial charge >= 0.3 is 0 Å². The van der Waals surface area contributed by atoms with Crippen LogP contribution < -0.4 is 4.90 Å². The molecule has 0 N–H and O–H groups in total. The highest BCUT2D eigenvalue weighted by Crippen LogP contribution is 2.51. The fourth-order valence-corrected chi connectivity index (χ4v) is 9.76. The molecule has 0 unspecified atom stereocenters. The first kappa shape index (κ1) is 34.4. The van der Waals surface area contributed by atoms with Gasteiger partial charge in [0.2, 0.25) is 0 Å². The topological polar surface area (TPSA) is 29.5 Å². The first-order valence-corrected chi connectivity index (χ1v) is 20.7. The number of anilines is 3. The van der Waals surface area contributed by atoms with E-state index in [1.807, 2.05) is 18.2 Å². The second kappa shape index (κ2) is 13.2. The van der Waals surface area contributed by atoms with Gasteiger partial charge in [0.25, 0.3) is 0 Å². The summed E-state index contributed by atoms with van der Waals surface area (Å²) in [6, 6.07) is 72.0. The number of hydrogen-bond acceptors (Lipinski definition) is 3. The van der Waals surface area contributed by atoms with Crippen molar-refractivity contribution in [2.45, 2.75) is 19.3 Å². The maximum absolute atomic E-state index is 6.49. The molecule has 0 aliphatic heterocycles. The average molecular weight is 770 g/mol. The van der Waals surface area contributed by atoms with Crippen LogP contribution in [0.4, 0.5) is 17.1 Å². The molecule has 3 heteroatoms. The third kappa shape index (κ3) is 5.29. The van der Waals surface area contributed by atoms with Gasteiger partial charge in [0, 0.05) is 55.7 Å². The Balaban J connectivity index is 1.06. The molecule has 60 heavy (non-hydrogen) atoms. The molecule has 284 valence electrons. The average Bonchev–Trinajstić information content (AvgIpc) is 3.94. The molecule has 0 bridgehead atoms. The Labute approximate surface area is 348 Å². The smallest absolute Gasteiger partial charge is 0.137 e. The Morgan fingerprint density at radius 1 is 0.350 bits per heavy atom. The van der Waals surface area contributed by atoms with Crippen molar-refractivity contribution in [2.75, 3.05) is 4.90 Å². The Kier molecular flexibility index (Phi) is 7.58. The normalized spacial score (nSPS) is 13.0. The van der Waals surface area contributed by atoms with Crippen LogP contribution in [0, 0.1) is 0 Å². The van der Waals surface area contributed by atoms with Crippen LogP contribution in [0.3, 0.4) is 0 Å². The minimum Gasteiger partial charge on any atom is -0.456 e. The summed E-state index contributed by atoms with van der Waals surface area (Å²) in [5.41, 5.74) is 18.8. The number of fused-ring (bicyclic) bond motifs is 9. The summed E-state index contributed by atoms with van der Waals surface area (Å²) in [6.45, 7) is 4.69. The van der Waals surface area contributed by atoms with Gasteiger partial charge in [0.05, 0.1) is 0 Å². The molecule has 12 rings (SSSR count). The molecule has 0 saturated heterocycles. The molecule has 0 amide bonds. The number of furan rings is 2. The van der Waals surface area contributed by atoms with Crippen LogP contribution in [0.25, 0.3) is 88.4 Å². The van der Waals surface area contributed by atoms with Crippen molar-refractivity contribution in [2.24, 2.45) is 0 Å². The van der Waals surface area contributed by atoms with Crippen molar-refractivity contribution >= 4 is 60.9 Å². The van der Waals surface area contributed by atoms with Gasteiger partial charge < -0.3 is 13.7 Å². The largest absolute Gasteiger partial charge is 0.456 e. The van der Waals surface area contributed by atoms with Crippen LogP contribution in [0.1, 0.15) is 25.0 Å². The predicted molar refractivity (Wildman–Crippen MR) is 250 cm³/mol. The third-order valence-electron chi connectivity index (χ3n) is 12.7. The maximum atomic E-state index is 6.49. The van der Waals surface area contributed by atoms with E-state index in [0.717, 1.165) is 83.2 Å². The zero-order valence-corrected chi connectivity index (χ0v) is 33.3. The van der Waals surface area contributed by atoms with Crippen LogP contribution in [0.5, 0.6) is 0 Å². The number of benzene rings is 9.